The Morgan fingerprint density at radius 1 is 0.722 bits per heavy atom. The highest BCUT2D eigenvalue weighted by Gasteiger charge is 2.41. The third-order valence-electron chi connectivity index (χ3n) is 2.42. The fourth-order valence-corrected chi connectivity index (χ4v) is 2.00. The molecule has 4 atom stereocenters. The lowest BCUT2D eigenvalue weighted by Crippen LogP contribution is -2.51. The van der Waals surface area contributed by atoms with Crippen molar-refractivity contribution in [2.75, 3.05) is 28.4 Å². The first-order valence-corrected chi connectivity index (χ1v) is 5.70. The molecule has 0 spiro atoms. The average molecular weight is 303 g/mol. The number of hydrogen-bond acceptors (Lipinski definition) is 6. The maximum atomic E-state index is 11.2. The van der Waals surface area contributed by atoms with Crippen LogP contribution in [0.3, 0.4) is 0 Å². The van der Waals surface area contributed by atoms with Crippen LogP contribution >= 0.6 is 23.2 Å². The summed E-state index contributed by atoms with van der Waals surface area (Å²) in [5, 5.41) is -1.55. The van der Waals surface area contributed by atoms with Gasteiger partial charge in [-0.2, -0.15) is 0 Å². The molecular weight excluding hydrogens is 287 g/mol. The lowest BCUT2D eigenvalue weighted by Gasteiger charge is -2.31. The van der Waals surface area contributed by atoms with Crippen LogP contribution in [0.5, 0.6) is 0 Å². The Balaban J connectivity index is 5.18. The number of halogens is 2. The molecule has 0 aromatic heterocycles. The Bertz CT molecular complexity index is 258. The third-order valence-corrected chi connectivity index (χ3v) is 2.85. The second kappa shape index (κ2) is 8.79. The summed E-state index contributed by atoms with van der Waals surface area (Å²) in [6.07, 6.45) is -4.07. The maximum Gasteiger partial charge on any atom is 0.253 e. The van der Waals surface area contributed by atoms with Gasteiger partial charge >= 0.3 is 0 Å². The van der Waals surface area contributed by atoms with Gasteiger partial charge in [0.25, 0.3) is 10.5 Å². The van der Waals surface area contributed by atoms with Crippen molar-refractivity contribution in [1.29, 1.82) is 0 Å². The van der Waals surface area contributed by atoms with Gasteiger partial charge in [-0.3, -0.25) is 9.59 Å². The molecule has 0 aliphatic carbocycles. The van der Waals surface area contributed by atoms with Crippen LogP contribution in [-0.4, -0.2) is 63.3 Å². The molecule has 0 aliphatic heterocycles. The number of rotatable bonds is 9. The SMILES string of the molecule is CO[C@H]([C@@H](OC)[C@H](OC)C(=O)Cl)[C@H](OC)C(=O)Cl. The standard InChI is InChI=1S/C10H16Cl2O6/c1-15-5(7(17-3)9(11)13)6(16-2)8(18-4)10(12)14/h5-8H,1-4H3/t5-,6-,7+,8+/m1/s1. The monoisotopic (exact) mass is 302 g/mol. The zero-order valence-corrected chi connectivity index (χ0v) is 12.0. The van der Waals surface area contributed by atoms with Gasteiger partial charge in [-0.1, -0.05) is 0 Å². The zero-order chi connectivity index (χ0) is 14.3. The van der Waals surface area contributed by atoms with Crippen molar-refractivity contribution in [3.8, 4) is 0 Å². The fraction of sp³-hybridized carbons (Fsp3) is 0.800. The van der Waals surface area contributed by atoms with Gasteiger partial charge in [0.15, 0.2) is 12.2 Å². The van der Waals surface area contributed by atoms with Crippen LogP contribution in [0.4, 0.5) is 0 Å². The van der Waals surface area contributed by atoms with Gasteiger partial charge in [0, 0.05) is 28.4 Å². The van der Waals surface area contributed by atoms with Gasteiger partial charge in [0.2, 0.25) is 0 Å². The minimum atomic E-state index is -1.10. The Morgan fingerprint density at radius 3 is 1.11 bits per heavy atom. The molecule has 0 radical (unpaired) electrons. The molecule has 0 N–H and O–H groups in total. The summed E-state index contributed by atoms with van der Waals surface area (Å²) in [5.41, 5.74) is 0. The molecule has 18 heavy (non-hydrogen) atoms. The lowest BCUT2D eigenvalue weighted by atomic mass is 10.0. The predicted molar refractivity (Wildman–Crippen MR) is 64.9 cm³/mol. The minimum Gasteiger partial charge on any atom is -0.375 e. The summed E-state index contributed by atoms with van der Waals surface area (Å²) in [6, 6.07) is 0. The molecule has 8 heteroatoms. The van der Waals surface area contributed by atoms with Gasteiger partial charge in [0.05, 0.1) is 0 Å². The van der Waals surface area contributed by atoms with Crippen molar-refractivity contribution >= 4 is 33.7 Å². The first-order chi connectivity index (χ1) is 8.44. The largest absolute Gasteiger partial charge is 0.375 e. The first-order valence-electron chi connectivity index (χ1n) is 4.94. The van der Waals surface area contributed by atoms with Crippen LogP contribution in [-0.2, 0) is 28.5 Å². The zero-order valence-electron chi connectivity index (χ0n) is 10.5. The number of hydrogen-bond donors (Lipinski definition) is 0. The van der Waals surface area contributed by atoms with E-state index in [0.717, 1.165) is 0 Å². The van der Waals surface area contributed by atoms with Crippen molar-refractivity contribution < 1.29 is 28.5 Å². The first kappa shape index (κ1) is 17.8. The molecule has 0 amide bonds. The summed E-state index contributed by atoms with van der Waals surface area (Å²) in [4.78, 5) is 22.4. The van der Waals surface area contributed by atoms with Crippen LogP contribution in [0.15, 0.2) is 0 Å². The predicted octanol–water partition coefficient (Wildman–Crippen LogP) is 0.577. The van der Waals surface area contributed by atoms with Crippen molar-refractivity contribution in [1.82, 2.24) is 0 Å². The van der Waals surface area contributed by atoms with E-state index in [0.29, 0.717) is 0 Å². The molecule has 0 saturated carbocycles. The number of ether oxygens (including phenoxy) is 4. The van der Waals surface area contributed by atoms with Crippen molar-refractivity contribution in [2.24, 2.45) is 0 Å². The number of carbonyl (C=O) groups is 2. The Morgan fingerprint density at radius 2 is 1.00 bits per heavy atom. The highest BCUT2D eigenvalue weighted by molar-refractivity contribution is 6.65. The van der Waals surface area contributed by atoms with Crippen molar-refractivity contribution in [3.05, 3.63) is 0 Å². The lowest BCUT2D eigenvalue weighted by molar-refractivity contribution is -0.162. The molecule has 0 saturated heterocycles. The van der Waals surface area contributed by atoms with Crippen LogP contribution in [0.2, 0.25) is 0 Å². The minimum absolute atomic E-state index is 0.775. The van der Waals surface area contributed by atoms with E-state index in [-0.39, 0.29) is 0 Å². The Kier molecular flexibility index (Phi) is 8.67. The van der Waals surface area contributed by atoms with Crippen LogP contribution in [0, 0.1) is 0 Å². The molecule has 0 bridgehead atoms. The smallest absolute Gasteiger partial charge is 0.253 e. The van der Waals surface area contributed by atoms with E-state index in [9.17, 15) is 9.59 Å². The van der Waals surface area contributed by atoms with E-state index in [1.807, 2.05) is 0 Å². The van der Waals surface area contributed by atoms with Gasteiger partial charge in [-0.05, 0) is 23.2 Å². The molecule has 0 aromatic rings. The Labute approximate surface area is 115 Å². The molecule has 106 valence electrons. The second-order valence-electron chi connectivity index (χ2n) is 3.32. The molecule has 0 aromatic carbocycles. The maximum absolute atomic E-state index is 11.2. The highest BCUT2D eigenvalue weighted by Crippen LogP contribution is 2.19. The van der Waals surface area contributed by atoms with Gasteiger partial charge < -0.3 is 18.9 Å². The fourth-order valence-electron chi connectivity index (χ4n) is 1.57. The topological polar surface area (TPSA) is 71.1 Å². The quantitative estimate of drug-likeness (QED) is 0.580. The normalized spacial score (nSPS) is 17.9. The number of methoxy groups -OCH3 is 4. The summed E-state index contributed by atoms with van der Waals surface area (Å²) in [7, 11) is 5.23. The van der Waals surface area contributed by atoms with Crippen LogP contribution in [0.25, 0.3) is 0 Å². The van der Waals surface area contributed by atoms with Gasteiger partial charge in [-0.15, -0.1) is 0 Å². The summed E-state index contributed by atoms with van der Waals surface area (Å²) in [6.45, 7) is 0. The molecule has 0 heterocycles. The van der Waals surface area contributed by atoms with Crippen LogP contribution in [0.1, 0.15) is 0 Å². The highest BCUT2D eigenvalue weighted by atomic mass is 35.5. The van der Waals surface area contributed by atoms with Crippen molar-refractivity contribution in [3.63, 3.8) is 0 Å². The van der Waals surface area contributed by atoms with E-state index in [4.69, 9.17) is 42.1 Å². The molecule has 6 nitrogen and oxygen atoms in total. The Hall–Kier alpha value is -0.240. The third kappa shape index (κ3) is 4.46. The van der Waals surface area contributed by atoms with E-state index in [1.165, 1.54) is 28.4 Å². The summed E-state index contributed by atoms with van der Waals surface area (Å²) < 4.78 is 20.1. The van der Waals surface area contributed by atoms with Gasteiger partial charge in [0.1, 0.15) is 12.2 Å². The summed E-state index contributed by atoms with van der Waals surface area (Å²) >= 11 is 10.8. The van der Waals surface area contributed by atoms with E-state index < -0.39 is 34.9 Å². The molecule has 0 rings (SSSR count). The second-order valence-corrected chi connectivity index (χ2v) is 4.07. The molecule has 0 unspecified atom stereocenters. The molecule has 0 aliphatic rings. The van der Waals surface area contributed by atoms with Crippen LogP contribution < -0.4 is 0 Å². The van der Waals surface area contributed by atoms with E-state index in [1.54, 1.807) is 0 Å². The number of carbonyl (C=O) groups excluding carboxylic acids is 2. The molecular formula is C10H16Cl2O6. The average Bonchev–Trinajstić information content (AvgIpc) is 2.32. The summed E-state index contributed by atoms with van der Waals surface area (Å²) in [5.74, 6) is 0. The van der Waals surface area contributed by atoms with E-state index >= 15 is 0 Å². The molecule has 0 fully saturated rings. The van der Waals surface area contributed by atoms with Gasteiger partial charge in [-0.25, -0.2) is 0 Å². The van der Waals surface area contributed by atoms with Crippen molar-refractivity contribution in [2.45, 2.75) is 24.4 Å². The van der Waals surface area contributed by atoms with E-state index in [2.05, 4.69) is 0 Å².